The first-order valence-electron chi connectivity index (χ1n) is 5.62. The van der Waals surface area contributed by atoms with Gasteiger partial charge in [0, 0.05) is 31.7 Å². The van der Waals surface area contributed by atoms with Crippen LogP contribution >= 0.6 is 0 Å². The minimum Gasteiger partial charge on any atom is -0.314 e. The number of carbonyl (C=O) groups excluding carboxylic acids is 2. The van der Waals surface area contributed by atoms with E-state index in [4.69, 9.17) is 0 Å². The van der Waals surface area contributed by atoms with Gasteiger partial charge in [0.2, 0.25) is 6.41 Å². The molecule has 5 nitrogen and oxygen atoms in total. The minimum absolute atomic E-state index is 0.275. The Morgan fingerprint density at radius 2 is 1.88 bits per heavy atom. The molecule has 0 atom stereocenters. The van der Waals surface area contributed by atoms with Crippen LogP contribution in [0.25, 0.3) is 0 Å². The van der Waals surface area contributed by atoms with Crippen molar-refractivity contribution in [2.24, 2.45) is 0 Å². The fourth-order valence-electron chi connectivity index (χ4n) is 1.82. The molecule has 1 N–H and O–H groups in total. The number of benzene rings is 1. The van der Waals surface area contributed by atoms with Gasteiger partial charge in [-0.1, -0.05) is 18.2 Å². The van der Waals surface area contributed by atoms with Crippen molar-refractivity contribution in [2.45, 2.75) is 0 Å². The highest BCUT2D eigenvalue weighted by molar-refractivity contribution is 5.99. The molecule has 1 aromatic rings. The smallest absolute Gasteiger partial charge is 0.275 e. The van der Waals surface area contributed by atoms with Crippen LogP contribution in [0, 0.1) is 0 Å². The number of hydrogen-bond donors (Lipinski definition) is 1. The lowest BCUT2D eigenvalue weighted by atomic mass is 10.2. The average Bonchev–Trinajstić information content (AvgIpc) is 2.42. The van der Waals surface area contributed by atoms with Crippen molar-refractivity contribution in [3.8, 4) is 0 Å². The van der Waals surface area contributed by atoms with E-state index >= 15 is 0 Å². The van der Waals surface area contributed by atoms with Crippen LogP contribution in [0.4, 0.5) is 0 Å². The summed E-state index contributed by atoms with van der Waals surface area (Å²) in [5, 5.41) is 6.10. The van der Waals surface area contributed by atoms with Gasteiger partial charge in [0.25, 0.3) is 5.91 Å². The Bertz CT molecular complexity index is 388. The zero-order valence-corrected chi connectivity index (χ0v) is 9.50. The van der Waals surface area contributed by atoms with E-state index in [1.165, 1.54) is 0 Å². The van der Waals surface area contributed by atoms with Crippen LogP contribution in [0.15, 0.2) is 30.3 Å². The molecule has 0 bridgehead atoms. The lowest BCUT2D eigenvalue weighted by Gasteiger charge is -2.33. The molecule has 0 aliphatic carbocycles. The highest BCUT2D eigenvalue weighted by Crippen LogP contribution is 2.06. The van der Waals surface area contributed by atoms with Gasteiger partial charge < -0.3 is 5.32 Å². The van der Waals surface area contributed by atoms with Gasteiger partial charge in [-0.3, -0.25) is 9.59 Å². The van der Waals surface area contributed by atoms with E-state index in [1.54, 1.807) is 29.3 Å². The van der Waals surface area contributed by atoms with Crippen LogP contribution in [-0.4, -0.2) is 48.5 Å². The van der Waals surface area contributed by atoms with E-state index in [0.717, 1.165) is 18.1 Å². The Labute approximate surface area is 100.0 Å². The molecule has 5 heteroatoms. The first-order valence-corrected chi connectivity index (χ1v) is 5.62. The van der Waals surface area contributed by atoms with Gasteiger partial charge in [-0.05, 0) is 12.1 Å². The second-order valence-electron chi connectivity index (χ2n) is 3.82. The molecule has 1 saturated heterocycles. The van der Waals surface area contributed by atoms with Crippen LogP contribution in [0.5, 0.6) is 0 Å². The topological polar surface area (TPSA) is 52.7 Å². The monoisotopic (exact) mass is 233 g/mol. The van der Waals surface area contributed by atoms with Crippen molar-refractivity contribution < 1.29 is 9.59 Å². The van der Waals surface area contributed by atoms with E-state index in [2.05, 4.69) is 5.32 Å². The number of piperazine rings is 1. The first kappa shape index (κ1) is 11.8. The first-order chi connectivity index (χ1) is 8.33. The number of hydrazine groups is 1. The van der Waals surface area contributed by atoms with Gasteiger partial charge >= 0.3 is 0 Å². The summed E-state index contributed by atoms with van der Waals surface area (Å²) in [5.41, 5.74) is 0.526. The summed E-state index contributed by atoms with van der Waals surface area (Å²) in [6.07, 6.45) is 0.584. The summed E-state index contributed by atoms with van der Waals surface area (Å²) in [7, 11) is 0. The molecule has 1 heterocycles. The largest absolute Gasteiger partial charge is 0.314 e. The number of carbonyl (C=O) groups is 2. The van der Waals surface area contributed by atoms with Crippen molar-refractivity contribution in [2.75, 3.05) is 26.2 Å². The van der Waals surface area contributed by atoms with Gasteiger partial charge in [-0.15, -0.1) is 0 Å². The number of hydrogen-bond acceptors (Lipinski definition) is 4. The van der Waals surface area contributed by atoms with Gasteiger partial charge in [0.05, 0.1) is 0 Å². The molecular weight excluding hydrogens is 218 g/mol. The number of imide groups is 1. The molecule has 2 rings (SSSR count). The van der Waals surface area contributed by atoms with Gasteiger partial charge in [-0.2, -0.15) is 0 Å². The Balaban J connectivity index is 2.12. The maximum atomic E-state index is 12.1. The minimum atomic E-state index is -0.275. The van der Waals surface area contributed by atoms with E-state index in [-0.39, 0.29) is 5.91 Å². The predicted molar refractivity (Wildman–Crippen MR) is 63.1 cm³/mol. The Morgan fingerprint density at radius 3 is 2.47 bits per heavy atom. The molecule has 1 aliphatic heterocycles. The maximum Gasteiger partial charge on any atom is 0.275 e. The van der Waals surface area contributed by atoms with Crippen LogP contribution in [0.1, 0.15) is 10.4 Å². The fourth-order valence-corrected chi connectivity index (χ4v) is 1.82. The van der Waals surface area contributed by atoms with E-state index in [0.29, 0.717) is 25.1 Å². The molecule has 0 radical (unpaired) electrons. The summed E-state index contributed by atoms with van der Waals surface area (Å²) in [5.74, 6) is -0.275. The van der Waals surface area contributed by atoms with E-state index in [1.807, 2.05) is 6.07 Å². The molecule has 1 aromatic carbocycles. The summed E-state index contributed by atoms with van der Waals surface area (Å²) < 4.78 is 0. The number of nitrogens with zero attached hydrogens (tertiary/aromatic N) is 2. The maximum absolute atomic E-state index is 12.1. The molecule has 1 aliphatic rings. The molecular formula is C12H15N3O2. The lowest BCUT2D eigenvalue weighted by molar-refractivity contribution is -0.129. The van der Waals surface area contributed by atoms with Crippen LogP contribution < -0.4 is 5.32 Å². The Kier molecular flexibility index (Phi) is 3.85. The molecule has 0 saturated carbocycles. The molecule has 17 heavy (non-hydrogen) atoms. The fraction of sp³-hybridized carbons (Fsp3) is 0.333. The van der Waals surface area contributed by atoms with Crippen LogP contribution in [0.2, 0.25) is 0 Å². The molecule has 90 valence electrons. The van der Waals surface area contributed by atoms with Gasteiger partial charge in [0.1, 0.15) is 0 Å². The third kappa shape index (κ3) is 2.69. The van der Waals surface area contributed by atoms with Crippen molar-refractivity contribution in [3.63, 3.8) is 0 Å². The zero-order valence-electron chi connectivity index (χ0n) is 9.50. The predicted octanol–water partition coefficient (Wildman–Crippen LogP) is 0.105. The van der Waals surface area contributed by atoms with Crippen molar-refractivity contribution >= 4 is 12.3 Å². The standard InChI is InChI=1S/C12H15N3O2/c16-10-15(14-8-6-13-7-9-14)12(17)11-4-2-1-3-5-11/h1-5,10,13H,6-9H2. The molecule has 0 unspecified atom stereocenters. The highest BCUT2D eigenvalue weighted by Gasteiger charge is 2.23. The summed E-state index contributed by atoms with van der Waals surface area (Å²) in [6.45, 7) is 2.90. The van der Waals surface area contributed by atoms with Crippen molar-refractivity contribution in [3.05, 3.63) is 35.9 Å². The molecule has 1 fully saturated rings. The normalized spacial score (nSPS) is 16.5. The number of rotatable bonds is 3. The summed E-state index contributed by atoms with van der Waals surface area (Å²) in [4.78, 5) is 23.2. The zero-order chi connectivity index (χ0) is 12.1. The number of nitrogens with one attached hydrogen (secondary N) is 1. The van der Waals surface area contributed by atoms with Crippen LogP contribution in [-0.2, 0) is 4.79 Å². The quantitative estimate of drug-likeness (QED) is 0.753. The molecule has 0 spiro atoms. The van der Waals surface area contributed by atoms with Gasteiger partial charge in [0.15, 0.2) is 0 Å². The second-order valence-corrected chi connectivity index (χ2v) is 3.82. The molecule has 2 amide bonds. The highest BCUT2D eigenvalue weighted by atomic mass is 16.2. The van der Waals surface area contributed by atoms with E-state index in [9.17, 15) is 9.59 Å². The van der Waals surface area contributed by atoms with Crippen LogP contribution in [0.3, 0.4) is 0 Å². The third-order valence-corrected chi connectivity index (χ3v) is 2.73. The second kappa shape index (κ2) is 5.56. The summed E-state index contributed by atoms with van der Waals surface area (Å²) in [6, 6.07) is 8.83. The van der Waals surface area contributed by atoms with Crippen molar-refractivity contribution in [1.29, 1.82) is 0 Å². The molecule has 0 aromatic heterocycles. The summed E-state index contributed by atoms with van der Waals surface area (Å²) >= 11 is 0. The van der Waals surface area contributed by atoms with Crippen molar-refractivity contribution in [1.82, 2.24) is 15.3 Å². The SMILES string of the molecule is O=CN(C(=O)c1ccccc1)N1CCNCC1. The average molecular weight is 233 g/mol. The Hall–Kier alpha value is -1.72. The Morgan fingerprint density at radius 1 is 1.24 bits per heavy atom. The van der Waals surface area contributed by atoms with E-state index < -0.39 is 0 Å². The third-order valence-electron chi connectivity index (χ3n) is 2.73. The number of amides is 2. The van der Waals surface area contributed by atoms with Gasteiger partial charge in [-0.25, -0.2) is 10.0 Å². The lowest BCUT2D eigenvalue weighted by Crippen LogP contribution is -2.54.